The number of aromatic nitrogens is 1. The average Bonchev–Trinajstić information content (AvgIpc) is 2.92. The lowest BCUT2D eigenvalue weighted by Gasteiger charge is -2.13. The van der Waals surface area contributed by atoms with Crippen LogP contribution >= 0.6 is 0 Å². The molecule has 6 heteroatoms. The number of rotatable bonds is 7. The third kappa shape index (κ3) is 4.84. The molecule has 0 bridgehead atoms. The fraction of sp³-hybridized carbons (Fsp3) is 0.381. The number of hydrogen-bond donors (Lipinski definition) is 1. The lowest BCUT2D eigenvalue weighted by molar-refractivity contribution is -0.144. The van der Waals surface area contributed by atoms with Crippen molar-refractivity contribution in [2.75, 3.05) is 6.61 Å². The van der Waals surface area contributed by atoms with Crippen LogP contribution in [0.4, 0.5) is 0 Å². The highest BCUT2D eigenvalue weighted by Gasteiger charge is 2.21. The zero-order valence-electron chi connectivity index (χ0n) is 16.5. The van der Waals surface area contributed by atoms with Gasteiger partial charge in [-0.15, -0.1) is 0 Å². The molecule has 0 saturated heterocycles. The Bertz CT molecular complexity index is 867. The number of Topliss-reactive ketones (excluding diaryl/α,β-unsaturated/α-hetero) is 1. The summed E-state index contributed by atoms with van der Waals surface area (Å²) in [6, 6.07) is 8.02. The highest BCUT2D eigenvalue weighted by molar-refractivity contribution is 6.00. The second-order valence-electron chi connectivity index (χ2n) is 6.62. The number of hydrogen-bond acceptors (Lipinski definition) is 4. The van der Waals surface area contributed by atoms with Gasteiger partial charge < -0.3 is 14.6 Å². The average molecular weight is 370 g/mol. The van der Waals surface area contributed by atoms with Crippen LogP contribution in [0.25, 0.3) is 0 Å². The van der Waals surface area contributed by atoms with Gasteiger partial charge in [-0.1, -0.05) is 17.7 Å². The summed E-state index contributed by atoms with van der Waals surface area (Å²) in [6.45, 7) is 9.65. The first kappa shape index (κ1) is 20.4. The van der Waals surface area contributed by atoms with E-state index in [-0.39, 0.29) is 18.3 Å². The van der Waals surface area contributed by atoms with Crippen molar-refractivity contribution in [2.24, 2.45) is 0 Å². The van der Waals surface area contributed by atoms with Crippen molar-refractivity contribution in [3.63, 3.8) is 0 Å². The number of ether oxygens (including phenoxy) is 1. The van der Waals surface area contributed by atoms with E-state index in [4.69, 9.17) is 4.74 Å². The van der Waals surface area contributed by atoms with Gasteiger partial charge >= 0.3 is 5.97 Å². The van der Waals surface area contributed by atoms with Gasteiger partial charge in [0.15, 0.2) is 6.61 Å². The maximum Gasteiger partial charge on any atom is 0.328 e. The molecule has 0 fully saturated rings. The van der Waals surface area contributed by atoms with E-state index in [9.17, 15) is 14.4 Å². The number of esters is 1. The summed E-state index contributed by atoms with van der Waals surface area (Å²) < 4.78 is 7.13. The molecule has 144 valence electrons. The Kier molecular flexibility index (Phi) is 6.55. The Morgan fingerprint density at radius 3 is 2.44 bits per heavy atom. The van der Waals surface area contributed by atoms with Crippen LogP contribution in [0.3, 0.4) is 0 Å². The van der Waals surface area contributed by atoms with Gasteiger partial charge in [0.25, 0.3) is 5.91 Å². The summed E-state index contributed by atoms with van der Waals surface area (Å²) in [5, 5.41) is 2.59. The zero-order chi connectivity index (χ0) is 20.1. The van der Waals surface area contributed by atoms with Crippen LogP contribution in [-0.2, 0) is 16.1 Å². The highest BCUT2D eigenvalue weighted by Crippen LogP contribution is 2.15. The Hall–Kier alpha value is -2.89. The summed E-state index contributed by atoms with van der Waals surface area (Å²) in [7, 11) is 0. The van der Waals surface area contributed by atoms with Gasteiger partial charge in [-0.25, -0.2) is 4.79 Å². The predicted octanol–water partition coefficient (Wildman–Crippen LogP) is 2.98. The SMILES string of the molecule is CCn1c(C)cc(C(=O)COC(=O)[C@H](C)NC(=O)c2cccc(C)c2)c1C. The van der Waals surface area contributed by atoms with Gasteiger partial charge in [0.1, 0.15) is 6.04 Å². The van der Waals surface area contributed by atoms with E-state index < -0.39 is 12.0 Å². The molecule has 0 aliphatic carbocycles. The van der Waals surface area contributed by atoms with Crippen LogP contribution in [0, 0.1) is 20.8 Å². The van der Waals surface area contributed by atoms with E-state index in [1.165, 1.54) is 6.92 Å². The smallest absolute Gasteiger partial charge is 0.328 e. The number of ketones is 1. The molecule has 1 heterocycles. The lowest BCUT2D eigenvalue weighted by atomic mass is 10.1. The molecule has 0 radical (unpaired) electrons. The molecule has 2 rings (SSSR count). The minimum absolute atomic E-state index is 0.256. The first-order chi connectivity index (χ1) is 12.7. The fourth-order valence-corrected chi connectivity index (χ4v) is 3.03. The van der Waals surface area contributed by atoms with E-state index in [0.717, 1.165) is 23.5 Å². The summed E-state index contributed by atoms with van der Waals surface area (Å²) in [6.07, 6.45) is 0. The van der Waals surface area contributed by atoms with Crippen LogP contribution < -0.4 is 5.32 Å². The second-order valence-corrected chi connectivity index (χ2v) is 6.62. The van der Waals surface area contributed by atoms with Gasteiger partial charge in [0.2, 0.25) is 5.78 Å². The molecule has 1 aromatic heterocycles. The van der Waals surface area contributed by atoms with E-state index in [1.54, 1.807) is 24.3 Å². The van der Waals surface area contributed by atoms with Crippen molar-refractivity contribution in [2.45, 2.75) is 47.2 Å². The van der Waals surface area contributed by atoms with E-state index in [2.05, 4.69) is 5.32 Å². The molecule has 1 aromatic carbocycles. The third-order valence-corrected chi connectivity index (χ3v) is 4.52. The molecule has 0 aliphatic heterocycles. The molecule has 0 aliphatic rings. The Labute approximate surface area is 159 Å². The zero-order valence-corrected chi connectivity index (χ0v) is 16.5. The molecule has 0 spiro atoms. The van der Waals surface area contributed by atoms with E-state index in [1.807, 2.05) is 38.3 Å². The molecule has 2 aromatic rings. The minimum Gasteiger partial charge on any atom is -0.456 e. The molecule has 6 nitrogen and oxygen atoms in total. The van der Waals surface area contributed by atoms with Crippen molar-refractivity contribution in [1.82, 2.24) is 9.88 Å². The molecular weight excluding hydrogens is 344 g/mol. The number of nitrogens with one attached hydrogen (secondary N) is 1. The Morgan fingerprint density at radius 2 is 1.85 bits per heavy atom. The Morgan fingerprint density at radius 1 is 1.15 bits per heavy atom. The van der Waals surface area contributed by atoms with Gasteiger partial charge in [-0.3, -0.25) is 9.59 Å². The third-order valence-electron chi connectivity index (χ3n) is 4.52. The largest absolute Gasteiger partial charge is 0.456 e. The number of benzene rings is 1. The molecule has 0 saturated carbocycles. The monoisotopic (exact) mass is 370 g/mol. The molecule has 1 atom stereocenters. The summed E-state index contributed by atoms with van der Waals surface area (Å²) >= 11 is 0. The quantitative estimate of drug-likeness (QED) is 0.600. The summed E-state index contributed by atoms with van der Waals surface area (Å²) in [4.78, 5) is 36.7. The first-order valence-corrected chi connectivity index (χ1v) is 8.98. The van der Waals surface area contributed by atoms with Crippen LogP contribution in [0.1, 0.15) is 51.5 Å². The van der Waals surface area contributed by atoms with Crippen molar-refractivity contribution >= 4 is 17.7 Å². The van der Waals surface area contributed by atoms with Crippen LogP contribution in [0.5, 0.6) is 0 Å². The molecular formula is C21H26N2O4. The molecule has 27 heavy (non-hydrogen) atoms. The van der Waals surface area contributed by atoms with E-state index in [0.29, 0.717) is 11.1 Å². The van der Waals surface area contributed by atoms with Crippen molar-refractivity contribution < 1.29 is 19.1 Å². The normalized spacial score (nSPS) is 11.7. The van der Waals surface area contributed by atoms with Gasteiger partial charge in [0.05, 0.1) is 0 Å². The van der Waals surface area contributed by atoms with Gasteiger partial charge in [0, 0.05) is 29.1 Å². The van der Waals surface area contributed by atoms with Crippen molar-refractivity contribution in [3.8, 4) is 0 Å². The number of amides is 1. The standard InChI is InChI=1S/C21H26N2O4/c1-6-23-14(3)11-18(16(23)5)19(24)12-27-21(26)15(4)22-20(25)17-9-7-8-13(2)10-17/h7-11,15H,6,12H2,1-5H3,(H,22,25)/t15-/m0/s1. The number of aryl methyl sites for hydroxylation is 2. The lowest BCUT2D eigenvalue weighted by Crippen LogP contribution is -2.40. The van der Waals surface area contributed by atoms with Crippen LogP contribution in [0.2, 0.25) is 0 Å². The highest BCUT2D eigenvalue weighted by atomic mass is 16.5. The van der Waals surface area contributed by atoms with Crippen LogP contribution in [-0.4, -0.2) is 34.9 Å². The van der Waals surface area contributed by atoms with Gasteiger partial charge in [-0.2, -0.15) is 0 Å². The summed E-state index contributed by atoms with van der Waals surface area (Å²) in [5.74, 6) is -1.26. The van der Waals surface area contributed by atoms with Crippen molar-refractivity contribution in [1.29, 1.82) is 0 Å². The second kappa shape index (κ2) is 8.66. The fourth-order valence-electron chi connectivity index (χ4n) is 3.03. The number of nitrogens with zero attached hydrogens (tertiary/aromatic N) is 1. The predicted molar refractivity (Wildman–Crippen MR) is 103 cm³/mol. The molecule has 0 unspecified atom stereocenters. The topological polar surface area (TPSA) is 77.4 Å². The maximum atomic E-state index is 12.4. The number of carbonyl (C=O) groups is 3. The van der Waals surface area contributed by atoms with E-state index >= 15 is 0 Å². The molecule has 1 N–H and O–H groups in total. The maximum absolute atomic E-state index is 12.4. The Balaban J connectivity index is 1.93. The van der Waals surface area contributed by atoms with Crippen LogP contribution in [0.15, 0.2) is 30.3 Å². The first-order valence-electron chi connectivity index (χ1n) is 8.98. The summed E-state index contributed by atoms with van der Waals surface area (Å²) in [5.41, 5.74) is 3.82. The minimum atomic E-state index is -0.853. The van der Waals surface area contributed by atoms with Crippen molar-refractivity contribution in [3.05, 3.63) is 58.4 Å². The number of carbonyl (C=O) groups excluding carboxylic acids is 3. The van der Waals surface area contributed by atoms with Gasteiger partial charge in [-0.05, 0) is 52.8 Å². The molecule has 1 amide bonds.